The molecule has 2 aromatic rings. The fourth-order valence-electron chi connectivity index (χ4n) is 2.61. The summed E-state index contributed by atoms with van der Waals surface area (Å²) >= 11 is 0. The number of hydrogen-bond acceptors (Lipinski definition) is 1. The summed E-state index contributed by atoms with van der Waals surface area (Å²) in [6.07, 6.45) is 0. The molecular weight excluding hydrogens is 264 g/mol. The standard InChI is InChI=1S/C16H22OSi2/c1-17-18(2,3)19(4,15-11-7-5-8-12-15)16-13-9-6-10-14-16/h5-14H,1-4H3. The first-order valence-electron chi connectivity index (χ1n) is 6.68. The van der Waals surface area contributed by atoms with Crippen LogP contribution in [0.1, 0.15) is 0 Å². The molecule has 0 heterocycles. The summed E-state index contributed by atoms with van der Waals surface area (Å²) in [5, 5.41) is 2.94. The van der Waals surface area contributed by atoms with Crippen LogP contribution in [0, 0.1) is 0 Å². The maximum absolute atomic E-state index is 6.01. The van der Waals surface area contributed by atoms with E-state index in [0.29, 0.717) is 0 Å². The molecule has 0 bridgehead atoms. The van der Waals surface area contributed by atoms with Crippen molar-refractivity contribution in [2.45, 2.75) is 19.6 Å². The highest BCUT2D eigenvalue weighted by atomic mass is 29.3. The predicted molar refractivity (Wildman–Crippen MR) is 88.3 cm³/mol. The van der Waals surface area contributed by atoms with Gasteiger partial charge in [-0.25, -0.2) is 0 Å². The second-order valence-corrected chi connectivity index (χ2v) is 19.0. The van der Waals surface area contributed by atoms with Gasteiger partial charge in [0.25, 0.3) is 0 Å². The Morgan fingerprint density at radius 3 is 1.37 bits per heavy atom. The van der Waals surface area contributed by atoms with Gasteiger partial charge in [-0.05, 0) is 13.1 Å². The van der Waals surface area contributed by atoms with E-state index in [0.717, 1.165) is 0 Å². The molecule has 0 saturated carbocycles. The number of rotatable bonds is 4. The third-order valence-corrected chi connectivity index (χ3v) is 20.4. The number of hydrogen-bond donors (Lipinski definition) is 0. The molecule has 0 amide bonds. The molecule has 0 aromatic heterocycles. The van der Waals surface area contributed by atoms with Gasteiger partial charge < -0.3 is 4.43 Å². The molecule has 3 heteroatoms. The van der Waals surface area contributed by atoms with Crippen molar-refractivity contribution in [3.63, 3.8) is 0 Å². The van der Waals surface area contributed by atoms with Crippen molar-refractivity contribution in [2.75, 3.05) is 7.11 Å². The van der Waals surface area contributed by atoms with Gasteiger partial charge in [-0.3, -0.25) is 0 Å². The van der Waals surface area contributed by atoms with E-state index in [1.807, 2.05) is 7.11 Å². The Balaban J connectivity index is 2.65. The van der Waals surface area contributed by atoms with E-state index >= 15 is 0 Å². The molecule has 2 rings (SSSR count). The average Bonchev–Trinajstić information content (AvgIpc) is 2.48. The van der Waals surface area contributed by atoms with Crippen LogP contribution in [0.4, 0.5) is 0 Å². The van der Waals surface area contributed by atoms with E-state index in [2.05, 4.69) is 80.3 Å². The fourth-order valence-corrected chi connectivity index (χ4v) is 12.9. The zero-order chi connectivity index (χ0) is 13.9. The van der Waals surface area contributed by atoms with Crippen LogP contribution in [0.5, 0.6) is 0 Å². The monoisotopic (exact) mass is 286 g/mol. The molecule has 2 aromatic carbocycles. The molecule has 0 aliphatic heterocycles. The van der Waals surface area contributed by atoms with E-state index in [4.69, 9.17) is 4.43 Å². The van der Waals surface area contributed by atoms with Crippen molar-refractivity contribution in [3.8, 4) is 0 Å². The maximum Gasteiger partial charge on any atom is 0.183 e. The molecule has 0 spiro atoms. The summed E-state index contributed by atoms with van der Waals surface area (Å²) in [6.45, 7) is 7.14. The van der Waals surface area contributed by atoms with Crippen LogP contribution in [0.15, 0.2) is 60.7 Å². The highest BCUT2D eigenvalue weighted by Crippen LogP contribution is 2.20. The van der Waals surface area contributed by atoms with E-state index in [9.17, 15) is 0 Å². The van der Waals surface area contributed by atoms with Crippen LogP contribution in [-0.4, -0.2) is 22.5 Å². The molecule has 0 unspecified atom stereocenters. The Kier molecular flexibility index (Phi) is 4.08. The summed E-state index contributed by atoms with van der Waals surface area (Å²) in [5.41, 5.74) is 0. The summed E-state index contributed by atoms with van der Waals surface area (Å²) in [5.74, 6) is 0. The fraction of sp³-hybridized carbons (Fsp3) is 0.250. The Morgan fingerprint density at radius 1 is 0.684 bits per heavy atom. The maximum atomic E-state index is 6.01. The van der Waals surface area contributed by atoms with Crippen LogP contribution in [0.25, 0.3) is 0 Å². The highest BCUT2D eigenvalue weighted by molar-refractivity contribution is 7.48. The molecule has 1 nitrogen and oxygen atoms in total. The Morgan fingerprint density at radius 2 is 1.05 bits per heavy atom. The molecule has 19 heavy (non-hydrogen) atoms. The zero-order valence-corrected chi connectivity index (χ0v) is 14.2. The van der Waals surface area contributed by atoms with Gasteiger partial charge in [-0.2, -0.15) is 0 Å². The molecule has 0 fully saturated rings. The summed E-state index contributed by atoms with van der Waals surface area (Å²) in [6, 6.07) is 21.8. The minimum absolute atomic E-state index is 1.47. The predicted octanol–water partition coefficient (Wildman–Crippen LogP) is 2.81. The van der Waals surface area contributed by atoms with Gasteiger partial charge in [0.05, 0.1) is 0 Å². The van der Waals surface area contributed by atoms with E-state index < -0.39 is 15.4 Å². The lowest BCUT2D eigenvalue weighted by Gasteiger charge is -2.40. The van der Waals surface area contributed by atoms with Crippen molar-refractivity contribution in [3.05, 3.63) is 60.7 Å². The second kappa shape index (κ2) is 5.45. The van der Waals surface area contributed by atoms with Crippen molar-refractivity contribution < 1.29 is 4.43 Å². The molecule has 0 radical (unpaired) electrons. The first kappa shape index (κ1) is 14.2. The second-order valence-electron chi connectivity index (χ2n) is 5.57. The summed E-state index contributed by atoms with van der Waals surface area (Å²) < 4.78 is 6.01. The summed E-state index contributed by atoms with van der Waals surface area (Å²) in [4.78, 5) is 0. The normalized spacial score (nSPS) is 12.4. The zero-order valence-electron chi connectivity index (χ0n) is 12.2. The Hall–Kier alpha value is -1.17. The average molecular weight is 287 g/mol. The Labute approximate surface area is 118 Å². The van der Waals surface area contributed by atoms with Crippen molar-refractivity contribution in [2.24, 2.45) is 0 Å². The molecule has 100 valence electrons. The lowest BCUT2D eigenvalue weighted by molar-refractivity contribution is 0.420. The molecule has 0 N–H and O–H groups in total. The van der Waals surface area contributed by atoms with Crippen LogP contribution in [0.3, 0.4) is 0 Å². The smallest absolute Gasteiger partial charge is 0.183 e. The minimum atomic E-state index is -1.81. The number of benzene rings is 2. The lowest BCUT2D eigenvalue weighted by atomic mass is 10.4. The highest BCUT2D eigenvalue weighted by Gasteiger charge is 2.48. The lowest BCUT2D eigenvalue weighted by Crippen LogP contribution is -2.73. The molecule has 0 atom stereocenters. The van der Waals surface area contributed by atoms with Crippen molar-refractivity contribution in [1.82, 2.24) is 0 Å². The largest absolute Gasteiger partial charge is 0.422 e. The van der Waals surface area contributed by atoms with Crippen molar-refractivity contribution >= 4 is 25.8 Å². The van der Waals surface area contributed by atoms with Gasteiger partial charge in [0.15, 0.2) is 7.83 Å². The summed E-state index contributed by atoms with van der Waals surface area (Å²) in [7, 11) is -1.71. The third-order valence-electron chi connectivity index (χ3n) is 4.42. The third kappa shape index (κ3) is 2.46. The molecular formula is C16H22OSi2. The minimum Gasteiger partial charge on any atom is -0.422 e. The first-order valence-corrected chi connectivity index (χ1v) is 13.1. The van der Waals surface area contributed by atoms with Crippen LogP contribution < -0.4 is 10.4 Å². The SMILES string of the molecule is CO[Si](C)(C)[Si](C)(c1ccccc1)c1ccccc1. The molecule has 0 aliphatic rings. The van der Waals surface area contributed by atoms with Crippen molar-refractivity contribution in [1.29, 1.82) is 0 Å². The van der Waals surface area contributed by atoms with E-state index in [1.165, 1.54) is 10.4 Å². The molecule has 0 saturated heterocycles. The van der Waals surface area contributed by atoms with E-state index in [1.54, 1.807) is 0 Å². The molecule has 0 aliphatic carbocycles. The quantitative estimate of drug-likeness (QED) is 0.785. The van der Waals surface area contributed by atoms with Gasteiger partial charge >= 0.3 is 0 Å². The van der Waals surface area contributed by atoms with Gasteiger partial charge in [0, 0.05) is 7.11 Å². The van der Waals surface area contributed by atoms with Crippen LogP contribution in [0.2, 0.25) is 19.6 Å². The van der Waals surface area contributed by atoms with Crippen LogP contribution >= 0.6 is 0 Å². The van der Waals surface area contributed by atoms with Crippen LogP contribution in [-0.2, 0) is 4.43 Å². The topological polar surface area (TPSA) is 9.23 Å². The van der Waals surface area contributed by atoms with E-state index in [-0.39, 0.29) is 0 Å². The first-order chi connectivity index (χ1) is 9.02. The van der Waals surface area contributed by atoms with Gasteiger partial charge in [0.2, 0.25) is 0 Å². The Bertz CT molecular complexity index is 483. The van der Waals surface area contributed by atoms with Gasteiger partial charge in [-0.1, -0.05) is 77.6 Å². The van der Waals surface area contributed by atoms with Gasteiger partial charge in [-0.15, -0.1) is 0 Å². The van der Waals surface area contributed by atoms with Gasteiger partial charge in [0.1, 0.15) is 7.59 Å².